The topological polar surface area (TPSA) is 133 Å². The van der Waals surface area contributed by atoms with Gasteiger partial charge in [0, 0.05) is 12.2 Å². The van der Waals surface area contributed by atoms with Crippen molar-refractivity contribution in [2.45, 2.75) is 38.0 Å². The zero-order valence-electron chi connectivity index (χ0n) is 13.7. The van der Waals surface area contributed by atoms with Gasteiger partial charge < -0.3 is 19.8 Å². The maximum absolute atomic E-state index is 12.4. The maximum atomic E-state index is 12.4. The Labute approximate surface area is 147 Å². The number of carbonyl (C=O) groups is 1. The van der Waals surface area contributed by atoms with Crippen molar-refractivity contribution in [3.8, 4) is 5.75 Å². The van der Waals surface area contributed by atoms with Crippen molar-refractivity contribution < 1.29 is 33.0 Å². The molecule has 1 aromatic carbocycles. The van der Waals surface area contributed by atoms with Crippen LogP contribution in [0.3, 0.4) is 0 Å². The monoisotopic (exact) mass is 371 g/mol. The number of benzene rings is 1. The van der Waals surface area contributed by atoms with Crippen LogP contribution in [0.2, 0.25) is 0 Å². The number of sulfonamides is 1. The first-order valence-electron chi connectivity index (χ1n) is 8.15. The van der Waals surface area contributed by atoms with Crippen LogP contribution in [0, 0.1) is 0 Å². The van der Waals surface area contributed by atoms with Gasteiger partial charge in [-0.05, 0) is 48.9 Å². The lowest BCUT2D eigenvalue weighted by molar-refractivity contribution is 0.0980. The smallest absolute Gasteiger partial charge is 0.512 e. The Morgan fingerprint density at radius 3 is 2.56 bits per heavy atom. The van der Waals surface area contributed by atoms with Crippen LogP contribution in [0.25, 0.3) is 0 Å². The average Bonchev–Trinajstić information content (AvgIpc) is 3.06. The van der Waals surface area contributed by atoms with E-state index in [9.17, 15) is 13.2 Å². The molecule has 1 fully saturated rings. The molecule has 138 valence electrons. The fraction of sp³-hybridized carbons (Fsp3) is 0.533. The van der Waals surface area contributed by atoms with Crippen molar-refractivity contribution in [1.29, 1.82) is 0 Å². The van der Waals surface area contributed by atoms with Gasteiger partial charge in [0.1, 0.15) is 5.75 Å². The first kappa shape index (κ1) is 19.7. The molecule has 8 nitrogen and oxygen atoms in total. The third kappa shape index (κ3) is 5.70. The molecular weight excluding hydrogens is 349 g/mol. The van der Waals surface area contributed by atoms with E-state index in [-0.39, 0.29) is 36.0 Å². The summed E-state index contributed by atoms with van der Waals surface area (Å²) in [7, 11) is -5.81. The van der Waals surface area contributed by atoms with Crippen molar-refractivity contribution in [3.63, 3.8) is 0 Å². The fourth-order valence-corrected chi connectivity index (χ4v) is 4.02. The normalized spacial score (nSPS) is 15.2. The number of amides is 1. The van der Waals surface area contributed by atoms with E-state index in [1.54, 1.807) is 6.07 Å². The minimum atomic E-state index is -3.83. The first-order valence-corrected chi connectivity index (χ1v) is 9.80. The molecule has 0 aliphatic heterocycles. The van der Waals surface area contributed by atoms with Crippen LogP contribution in [0.5, 0.6) is 5.75 Å². The van der Waals surface area contributed by atoms with Crippen LogP contribution in [-0.2, 0) is 10.0 Å². The second-order valence-electron chi connectivity index (χ2n) is 6.00. The van der Waals surface area contributed by atoms with Crippen LogP contribution < -0.4 is 9.38 Å². The minimum Gasteiger partial charge on any atom is -0.512 e. The van der Waals surface area contributed by atoms with Gasteiger partial charge in [0.2, 0.25) is 10.0 Å². The largest absolute Gasteiger partial charge is 0.707 e. The van der Waals surface area contributed by atoms with E-state index >= 15 is 0 Å². The number of aliphatic hydroxyl groups is 1. The Bertz CT molecular complexity index is 702. The molecule has 2 rings (SSSR count). The molecule has 25 heavy (non-hydrogen) atoms. The predicted octanol–water partition coefficient (Wildman–Crippen LogP) is 0.134. The standard InChI is InChI=1S/C15H22BNO7S/c18-8-3-9-25(22,23)17-15(19)13-7-6-12(24-16(20)21)10-14(13)11-4-1-2-5-11/h6-7,10-11,18,20-21H,1-5,8-9H2,(H,17,19). The summed E-state index contributed by atoms with van der Waals surface area (Å²) in [6.07, 6.45) is 3.78. The fourth-order valence-electron chi connectivity index (χ4n) is 3.02. The number of aliphatic hydroxyl groups excluding tert-OH is 1. The van der Waals surface area contributed by atoms with E-state index in [1.165, 1.54) is 12.1 Å². The van der Waals surface area contributed by atoms with Crippen LogP contribution in [0.1, 0.15) is 53.9 Å². The molecule has 1 saturated carbocycles. The molecule has 4 N–H and O–H groups in total. The highest BCUT2D eigenvalue weighted by molar-refractivity contribution is 7.90. The van der Waals surface area contributed by atoms with Crippen molar-refractivity contribution in [2.24, 2.45) is 0 Å². The van der Waals surface area contributed by atoms with E-state index in [2.05, 4.69) is 0 Å². The van der Waals surface area contributed by atoms with Crippen LogP contribution in [0.15, 0.2) is 18.2 Å². The zero-order valence-corrected chi connectivity index (χ0v) is 14.5. The summed E-state index contributed by atoms with van der Waals surface area (Å²) in [5.41, 5.74) is 0.852. The third-order valence-electron chi connectivity index (χ3n) is 4.12. The van der Waals surface area contributed by atoms with Crippen molar-refractivity contribution in [1.82, 2.24) is 4.72 Å². The van der Waals surface area contributed by atoms with Crippen molar-refractivity contribution in [2.75, 3.05) is 12.4 Å². The molecule has 0 radical (unpaired) electrons. The summed E-state index contributed by atoms with van der Waals surface area (Å²) in [5.74, 6) is -0.806. The van der Waals surface area contributed by atoms with E-state index in [0.717, 1.165) is 25.7 Å². The highest BCUT2D eigenvalue weighted by Gasteiger charge is 2.26. The highest BCUT2D eigenvalue weighted by Crippen LogP contribution is 2.37. The molecule has 1 aromatic rings. The second-order valence-corrected chi connectivity index (χ2v) is 7.84. The number of rotatable bonds is 8. The molecule has 0 heterocycles. The van der Waals surface area contributed by atoms with E-state index < -0.39 is 23.3 Å². The molecule has 0 aromatic heterocycles. The maximum Gasteiger partial charge on any atom is 0.707 e. The number of nitrogens with one attached hydrogen (secondary N) is 1. The number of carbonyl (C=O) groups excluding carboxylic acids is 1. The van der Waals surface area contributed by atoms with Gasteiger partial charge in [0.15, 0.2) is 0 Å². The average molecular weight is 371 g/mol. The van der Waals surface area contributed by atoms with Gasteiger partial charge in [-0.2, -0.15) is 0 Å². The third-order valence-corrected chi connectivity index (χ3v) is 5.45. The Hall–Kier alpha value is -1.62. The molecule has 0 spiro atoms. The summed E-state index contributed by atoms with van der Waals surface area (Å²) in [6.45, 7) is -0.280. The Morgan fingerprint density at radius 1 is 1.28 bits per heavy atom. The van der Waals surface area contributed by atoms with Gasteiger partial charge in [-0.25, -0.2) is 13.1 Å². The van der Waals surface area contributed by atoms with E-state index in [1.807, 2.05) is 4.72 Å². The lowest BCUT2D eigenvalue weighted by atomic mass is 9.92. The molecule has 0 saturated heterocycles. The SMILES string of the molecule is O=C(NS(=O)(=O)CCCO)c1ccc(OB(O)O)cc1C1CCCC1. The van der Waals surface area contributed by atoms with Crippen molar-refractivity contribution in [3.05, 3.63) is 29.3 Å². The lowest BCUT2D eigenvalue weighted by Crippen LogP contribution is -2.33. The van der Waals surface area contributed by atoms with Gasteiger partial charge in [-0.3, -0.25) is 4.79 Å². The zero-order chi connectivity index (χ0) is 18.4. The van der Waals surface area contributed by atoms with Crippen LogP contribution >= 0.6 is 0 Å². The lowest BCUT2D eigenvalue weighted by Gasteiger charge is -2.17. The van der Waals surface area contributed by atoms with Crippen molar-refractivity contribution >= 4 is 23.3 Å². The summed E-state index contributed by atoms with van der Waals surface area (Å²) < 4.78 is 30.6. The van der Waals surface area contributed by atoms with Gasteiger partial charge in [0.05, 0.1) is 5.75 Å². The van der Waals surface area contributed by atoms with Gasteiger partial charge >= 0.3 is 7.32 Å². The van der Waals surface area contributed by atoms with E-state index in [0.29, 0.717) is 5.56 Å². The highest BCUT2D eigenvalue weighted by atomic mass is 32.2. The number of hydrogen-bond donors (Lipinski definition) is 4. The molecular formula is C15H22BNO7S. The summed E-state index contributed by atoms with van der Waals surface area (Å²) >= 11 is 0. The molecule has 1 aliphatic rings. The summed E-state index contributed by atoms with van der Waals surface area (Å²) in [4.78, 5) is 12.4. The van der Waals surface area contributed by atoms with Crippen LogP contribution in [-0.4, -0.2) is 49.2 Å². The summed E-state index contributed by atoms with van der Waals surface area (Å²) in [6, 6.07) is 4.35. The molecule has 0 bridgehead atoms. The molecule has 1 amide bonds. The van der Waals surface area contributed by atoms with Gasteiger partial charge in [0.25, 0.3) is 5.91 Å². The Morgan fingerprint density at radius 2 is 1.96 bits per heavy atom. The van der Waals surface area contributed by atoms with Crippen LogP contribution in [0.4, 0.5) is 0 Å². The second kappa shape index (κ2) is 8.66. The summed E-state index contributed by atoms with van der Waals surface area (Å²) in [5, 5.41) is 26.6. The first-order chi connectivity index (χ1) is 11.8. The Balaban J connectivity index is 2.27. The molecule has 0 atom stereocenters. The molecule has 1 aliphatic carbocycles. The van der Waals surface area contributed by atoms with Gasteiger partial charge in [-0.1, -0.05) is 12.8 Å². The Kier molecular flexibility index (Phi) is 6.82. The van der Waals surface area contributed by atoms with Gasteiger partial charge in [-0.15, -0.1) is 0 Å². The molecule has 10 heteroatoms. The number of hydrogen-bond acceptors (Lipinski definition) is 7. The quantitative estimate of drug-likeness (QED) is 0.478. The molecule has 0 unspecified atom stereocenters. The minimum absolute atomic E-state index is 0.0409. The van der Waals surface area contributed by atoms with E-state index in [4.69, 9.17) is 19.8 Å². The predicted molar refractivity (Wildman–Crippen MR) is 91.4 cm³/mol.